The molecule has 0 bridgehead atoms. The standard InChI is InChI=1S/C23H22O5/c1-13(2)10-15-12-20(24)27-18-9-8-17-22(25)19(28-23(17)21(15)18)11-14-4-6-16(26-3)7-5-14/h4-9,11,13,15H,10,12H2,1-3H3/b19-11-/t15-/m1/s1. The molecular weight excluding hydrogens is 356 g/mol. The van der Waals surface area contributed by atoms with Crippen LogP contribution in [-0.2, 0) is 4.79 Å². The Morgan fingerprint density at radius 2 is 1.86 bits per heavy atom. The minimum Gasteiger partial charge on any atom is -0.497 e. The van der Waals surface area contributed by atoms with Crippen molar-refractivity contribution in [1.82, 2.24) is 0 Å². The van der Waals surface area contributed by atoms with Crippen molar-refractivity contribution >= 4 is 17.8 Å². The third-order valence-corrected chi connectivity index (χ3v) is 5.05. The molecule has 2 aromatic rings. The predicted molar refractivity (Wildman–Crippen MR) is 105 cm³/mol. The van der Waals surface area contributed by atoms with E-state index in [0.717, 1.165) is 23.3 Å². The second-order valence-electron chi connectivity index (χ2n) is 7.57. The third-order valence-electron chi connectivity index (χ3n) is 5.05. The van der Waals surface area contributed by atoms with Gasteiger partial charge in [-0.3, -0.25) is 9.59 Å². The van der Waals surface area contributed by atoms with Crippen LogP contribution in [0, 0.1) is 5.92 Å². The number of ether oxygens (including phenoxy) is 3. The minimum atomic E-state index is -0.239. The summed E-state index contributed by atoms with van der Waals surface area (Å²) < 4.78 is 16.6. The van der Waals surface area contributed by atoms with Crippen LogP contribution in [0.25, 0.3) is 6.08 Å². The summed E-state index contributed by atoms with van der Waals surface area (Å²) in [7, 11) is 1.61. The Kier molecular flexibility index (Phi) is 4.67. The average Bonchev–Trinajstić information content (AvgIpc) is 2.97. The first-order chi connectivity index (χ1) is 13.5. The number of ketones is 1. The first-order valence-electron chi connectivity index (χ1n) is 9.42. The first kappa shape index (κ1) is 18.3. The van der Waals surface area contributed by atoms with Gasteiger partial charge >= 0.3 is 5.97 Å². The van der Waals surface area contributed by atoms with Gasteiger partial charge in [-0.15, -0.1) is 0 Å². The van der Waals surface area contributed by atoms with Gasteiger partial charge in [-0.05, 0) is 48.2 Å². The van der Waals surface area contributed by atoms with E-state index in [1.54, 1.807) is 25.3 Å². The molecule has 2 heterocycles. The average molecular weight is 378 g/mol. The van der Waals surface area contributed by atoms with Gasteiger partial charge in [0.15, 0.2) is 5.76 Å². The molecular formula is C23H22O5. The van der Waals surface area contributed by atoms with Gasteiger partial charge in [0, 0.05) is 11.5 Å². The molecule has 0 aliphatic carbocycles. The number of methoxy groups -OCH3 is 1. The SMILES string of the molecule is COc1ccc(/C=C2\Oc3c(ccc4c3[C@H](CC(C)C)CC(=O)O4)C2=O)cc1. The van der Waals surface area contributed by atoms with Crippen molar-refractivity contribution < 1.29 is 23.8 Å². The highest BCUT2D eigenvalue weighted by molar-refractivity contribution is 6.15. The molecule has 0 saturated carbocycles. The highest BCUT2D eigenvalue weighted by Gasteiger charge is 2.37. The molecule has 4 rings (SSSR count). The molecule has 0 N–H and O–H groups in total. The number of Topliss-reactive ketones (excluding diaryl/α,β-unsaturated/α-hetero) is 1. The number of hydrogen-bond acceptors (Lipinski definition) is 5. The van der Waals surface area contributed by atoms with E-state index in [-0.39, 0.29) is 23.4 Å². The van der Waals surface area contributed by atoms with Crippen LogP contribution < -0.4 is 14.2 Å². The Morgan fingerprint density at radius 3 is 2.54 bits per heavy atom. The van der Waals surface area contributed by atoms with Gasteiger partial charge in [0.1, 0.15) is 17.2 Å². The molecule has 0 amide bonds. The van der Waals surface area contributed by atoms with E-state index in [1.165, 1.54) is 0 Å². The Labute approximate surface area is 163 Å². The summed E-state index contributed by atoms with van der Waals surface area (Å²) in [6, 6.07) is 10.8. The Balaban J connectivity index is 1.72. The summed E-state index contributed by atoms with van der Waals surface area (Å²) in [5.41, 5.74) is 2.19. The van der Waals surface area contributed by atoms with Crippen LogP contribution in [0.3, 0.4) is 0 Å². The van der Waals surface area contributed by atoms with E-state index >= 15 is 0 Å². The summed E-state index contributed by atoms with van der Waals surface area (Å²) in [6.07, 6.45) is 2.85. The number of rotatable bonds is 4. The fourth-order valence-electron chi connectivity index (χ4n) is 3.82. The molecule has 2 aliphatic rings. The zero-order chi connectivity index (χ0) is 19.8. The maximum Gasteiger partial charge on any atom is 0.311 e. The fourth-order valence-corrected chi connectivity index (χ4v) is 3.82. The lowest BCUT2D eigenvalue weighted by molar-refractivity contribution is -0.136. The quantitative estimate of drug-likeness (QED) is 0.436. The molecule has 0 radical (unpaired) electrons. The van der Waals surface area contributed by atoms with Gasteiger partial charge in [0.25, 0.3) is 0 Å². The molecule has 0 unspecified atom stereocenters. The van der Waals surface area contributed by atoms with Crippen LogP contribution in [0.15, 0.2) is 42.2 Å². The molecule has 0 aromatic heterocycles. The first-order valence-corrected chi connectivity index (χ1v) is 9.42. The van der Waals surface area contributed by atoms with Crippen molar-refractivity contribution in [3.05, 3.63) is 58.8 Å². The molecule has 2 aliphatic heterocycles. The van der Waals surface area contributed by atoms with Crippen molar-refractivity contribution in [2.45, 2.75) is 32.6 Å². The van der Waals surface area contributed by atoms with Crippen molar-refractivity contribution in [1.29, 1.82) is 0 Å². The van der Waals surface area contributed by atoms with Crippen molar-refractivity contribution in [3.63, 3.8) is 0 Å². The molecule has 0 spiro atoms. The van der Waals surface area contributed by atoms with E-state index in [2.05, 4.69) is 13.8 Å². The number of benzene rings is 2. The molecule has 2 aromatic carbocycles. The second kappa shape index (κ2) is 7.15. The molecule has 1 atom stereocenters. The normalized spacial score (nSPS) is 19.3. The summed E-state index contributed by atoms with van der Waals surface area (Å²) in [5, 5.41) is 0. The number of carbonyl (C=O) groups excluding carboxylic acids is 2. The van der Waals surface area contributed by atoms with E-state index in [1.807, 2.05) is 24.3 Å². The molecule has 0 saturated heterocycles. The molecule has 28 heavy (non-hydrogen) atoms. The molecule has 0 fully saturated rings. The van der Waals surface area contributed by atoms with Crippen molar-refractivity contribution in [2.24, 2.45) is 5.92 Å². The van der Waals surface area contributed by atoms with Crippen LogP contribution in [0.5, 0.6) is 17.2 Å². The maximum absolute atomic E-state index is 12.9. The third kappa shape index (κ3) is 3.28. The highest BCUT2D eigenvalue weighted by Crippen LogP contribution is 2.48. The predicted octanol–water partition coefficient (Wildman–Crippen LogP) is 4.75. The van der Waals surface area contributed by atoms with E-state index in [4.69, 9.17) is 14.2 Å². The summed E-state index contributed by atoms with van der Waals surface area (Å²) >= 11 is 0. The van der Waals surface area contributed by atoms with Gasteiger partial charge in [-0.1, -0.05) is 26.0 Å². The van der Waals surface area contributed by atoms with Crippen LogP contribution in [0.4, 0.5) is 0 Å². The van der Waals surface area contributed by atoms with Gasteiger partial charge < -0.3 is 14.2 Å². The lowest BCUT2D eigenvalue weighted by Gasteiger charge is -2.27. The minimum absolute atomic E-state index is 0.0145. The molecule has 5 nitrogen and oxygen atoms in total. The Hall–Kier alpha value is -3.08. The van der Waals surface area contributed by atoms with Crippen LogP contribution in [0.1, 0.15) is 54.1 Å². The van der Waals surface area contributed by atoms with Crippen molar-refractivity contribution in [2.75, 3.05) is 7.11 Å². The number of carbonyl (C=O) groups is 2. The number of esters is 1. The summed E-state index contributed by atoms with van der Waals surface area (Å²) in [5.74, 6) is 2.04. The van der Waals surface area contributed by atoms with Crippen LogP contribution in [0.2, 0.25) is 0 Å². The smallest absolute Gasteiger partial charge is 0.311 e. The van der Waals surface area contributed by atoms with Crippen LogP contribution in [-0.4, -0.2) is 18.9 Å². The zero-order valence-electron chi connectivity index (χ0n) is 16.2. The monoisotopic (exact) mass is 378 g/mol. The van der Waals surface area contributed by atoms with Crippen LogP contribution >= 0.6 is 0 Å². The van der Waals surface area contributed by atoms with E-state index < -0.39 is 0 Å². The van der Waals surface area contributed by atoms with Gasteiger partial charge in [-0.25, -0.2) is 0 Å². The largest absolute Gasteiger partial charge is 0.497 e. The Bertz CT molecular complexity index is 969. The highest BCUT2D eigenvalue weighted by atomic mass is 16.5. The summed E-state index contributed by atoms with van der Waals surface area (Å²) in [6.45, 7) is 4.23. The van der Waals surface area contributed by atoms with Gasteiger partial charge in [0.05, 0.1) is 19.1 Å². The maximum atomic E-state index is 12.9. The number of allylic oxidation sites excluding steroid dienone is 1. The number of fused-ring (bicyclic) bond motifs is 3. The molecule has 144 valence electrons. The second-order valence-corrected chi connectivity index (χ2v) is 7.57. The van der Waals surface area contributed by atoms with Crippen molar-refractivity contribution in [3.8, 4) is 17.2 Å². The van der Waals surface area contributed by atoms with E-state index in [0.29, 0.717) is 29.4 Å². The summed E-state index contributed by atoms with van der Waals surface area (Å²) in [4.78, 5) is 24.9. The fraction of sp³-hybridized carbons (Fsp3) is 0.304. The molecule has 5 heteroatoms. The van der Waals surface area contributed by atoms with Gasteiger partial charge in [0.2, 0.25) is 5.78 Å². The van der Waals surface area contributed by atoms with E-state index in [9.17, 15) is 9.59 Å². The Morgan fingerprint density at radius 1 is 1.11 bits per heavy atom. The zero-order valence-corrected chi connectivity index (χ0v) is 16.2. The lowest BCUT2D eigenvalue weighted by atomic mass is 9.84. The lowest BCUT2D eigenvalue weighted by Crippen LogP contribution is -2.21. The van der Waals surface area contributed by atoms with Gasteiger partial charge in [-0.2, -0.15) is 0 Å². The number of hydrogen-bond donors (Lipinski definition) is 0. The topological polar surface area (TPSA) is 61.8 Å².